The van der Waals surface area contributed by atoms with Gasteiger partial charge in [0.2, 0.25) is 0 Å². The highest BCUT2D eigenvalue weighted by Gasteiger charge is 2.13. The van der Waals surface area contributed by atoms with Gasteiger partial charge in [0.15, 0.2) is 5.78 Å². The van der Waals surface area contributed by atoms with Gasteiger partial charge in [-0.25, -0.2) is 9.37 Å². The van der Waals surface area contributed by atoms with Gasteiger partial charge in [0.05, 0.1) is 16.6 Å². The first-order chi connectivity index (χ1) is 9.63. The van der Waals surface area contributed by atoms with E-state index in [-0.39, 0.29) is 18.0 Å². The van der Waals surface area contributed by atoms with Crippen molar-refractivity contribution >= 4 is 27.3 Å². The highest BCUT2D eigenvalue weighted by molar-refractivity contribution is 7.18. The zero-order chi connectivity index (χ0) is 14.1. The Morgan fingerprint density at radius 3 is 2.80 bits per heavy atom. The zero-order valence-electron chi connectivity index (χ0n) is 10.9. The summed E-state index contributed by atoms with van der Waals surface area (Å²) in [6.07, 6.45) is 0.256. The van der Waals surface area contributed by atoms with E-state index < -0.39 is 0 Å². The maximum absolute atomic E-state index is 13.1. The number of rotatable bonds is 3. The number of hydrogen-bond acceptors (Lipinski definition) is 3. The fourth-order valence-electron chi connectivity index (χ4n) is 2.17. The van der Waals surface area contributed by atoms with Crippen LogP contribution < -0.4 is 0 Å². The second-order valence-corrected chi connectivity index (χ2v) is 5.75. The van der Waals surface area contributed by atoms with E-state index in [0.717, 1.165) is 15.2 Å². The molecule has 0 saturated carbocycles. The first kappa shape index (κ1) is 12.9. The average Bonchev–Trinajstić information content (AvgIpc) is 2.80. The smallest absolute Gasteiger partial charge is 0.169 e. The third kappa shape index (κ3) is 2.47. The van der Waals surface area contributed by atoms with Crippen molar-refractivity contribution in [3.63, 3.8) is 0 Å². The summed E-state index contributed by atoms with van der Waals surface area (Å²) in [5.41, 5.74) is 2.14. The molecule has 0 aliphatic heterocycles. The molecular weight excluding hydrogens is 273 g/mol. The number of aryl methyl sites for hydroxylation is 1. The SMILES string of the molecule is Cc1cc(F)ccc1C(=O)Cc1nc2ccccc2s1. The zero-order valence-corrected chi connectivity index (χ0v) is 11.7. The lowest BCUT2D eigenvalue weighted by molar-refractivity contribution is 0.0992. The van der Waals surface area contributed by atoms with Crippen molar-refractivity contribution in [3.05, 3.63) is 64.4 Å². The van der Waals surface area contributed by atoms with Crippen LogP contribution in [0.1, 0.15) is 20.9 Å². The van der Waals surface area contributed by atoms with Crippen LogP contribution in [0.4, 0.5) is 4.39 Å². The molecule has 0 radical (unpaired) electrons. The molecule has 0 saturated heterocycles. The van der Waals surface area contributed by atoms with E-state index in [1.807, 2.05) is 24.3 Å². The molecular formula is C16H12FNOS. The van der Waals surface area contributed by atoms with Gasteiger partial charge in [0.25, 0.3) is 0 Å². The van der Waals surface area contributed by atoms with Crippen LogP contribution >= 0.6 is 11.3 Å². The van der Waals surface area contributed by atoms with Crippen LogP contribution in [0.3, 0.4) is 0 Å². The number of nitrogens with zero attached hydrogens (tertiary/aromatic N) is 1. The maximum Gasteiger partial charge on any atom is 0.169 e. The minimum absolute atomic E-state index is 0.0263. The van der Waals surface area contributed by atoms with Crippen molar-refractivity contribution in [2.75, 3.05) is 0 Å². The molecule has 3 rings (SSSR count). The molecule has 1 aromatic heterocycles. The molecule has 0 N–H and O–H groups in total. The minimum atomic E-state index is -0.320. The van der Waals surface area contributed by atoms with Gasteiger partial charge in [0, 0.05) is 5.56 Å². The molecule has 0 aliphatic carbocycles. The highest BCUT2D eigenvalue weighted by atomic mass is 32.1. The van der Waals surface area contributed by atoms with Crippen molar-refractivity contribution in [1.82, 2.24) is 4.98 Å². The normalized spacial score (nSPS) is 10.9. The van der Waals surface area contributed by atoms with E-state index in [9.17, 15) is 9.18 Å². The van der Waals surface area contributed by atoms with Gasteiger partial charge in [-0.3, -0.25) is 4.79 Å². The van der Waals surface area contributed by atoms with E-state index in [4.69, 9.17) is 0 Å². The molecule has 0 unspecified atom stereocenters. The fraction of sp³-hybridized carbons (Fsp3) is 0.125. The molecule has 0 aliphatic rings. The van der Waals surface area contributed by atoms with Crippen molar-refractivity contribution in [3.8, 4) is 0 Å². The van der Waals surface area contributed by atoms with Gasteiger partial charge in [-0.1, -0.05) is 12.1 Å². The van der Waals surface area contributed by atoms with E-state index in [2.05, 4.69) is 4.98 Å². The Morgan fingerprint density at radius 1 is 1.25 bits per heavy atom. The minimum Gasteiger partial charge on any atom is -0.294 e. The largest absolute Gasteiger partial charge is 0.294 e. The van der Waals surface area contributed by atoms with Crippen LogP contribution in [-0.2, 0) is 6.42 Å². The number of hydrogen-bond donors (Lipinski definition) is 0. The molecule has 0 spiro atoms. The van der Waals surface area contributed by atoms with E-state index in [1.54, 1.807) is 13.0 Å². The molecule has 0 fully saturated rings. The molecule has 1 heterocycles. The van der Waals surface area contributed by atoms with E-state index in [0.29, 0.717) is 11.1 Å². The van der Waals surface area contributed by atoms with Crippen molar-refractivity contribution in [2.24, 2.45) is 0 Å². The lowest BCUT2D eigenvalue weighted by Gasteiger charge is -2.03. The van der Waals surface area contributed by atoms with Crippen molar-refractivity contribution in [1.29, 1.82) is 0 Å². The fourth-order valence-corrected chi connectivity index (χ4v) is 3.13. The Morgan fingerprint density at radius 2 is 2.05 bits per heavy atom. The van der Waals surface area contributed by atoms with Crippen LogP contribution in [0.25, 0.3) is 10.2 Å². The number of para-hydroxylation sites is 1. The second kappa shape index (κ2) is 5.13. The molecule has 100 valence electrons. The number of halogens is 1. The summed E-state index contributed by atoms with van der Waals surface area (Å²) in [6.45, 7) is 1.74. The van der Waals surface area contributed by atoms with Crippen LogP contribution in [0.15, 0.2) is 42.5 Å². The third-order valence-corrected chi connectivity index (χ3v) is 4.18. The Bertz CT molecular complexity index is 761. The Labute approximate surface area is 119 Å². The molecule has 4 heteroatoms. The van der Waals surface area contributed by atoms with Crippen LogP contribution in [0, 0.1) is 12.7 Å². The van der Waals surface area contributed by atoms with Gasteiger partial charge in [0.1, 0.15) is 10.8 Å². The molecule has 3 aromatic rings. The summed E-state index contributed by atoms with van der Waals surface area (Å²) < 4.78 is 14.1. The number of thiazole rings is 1. The molecule has 20 heavy (non-hydrogen) atoms. The summed E-state index contributed by atoms with van der Waals surface area (Å²) in [4.78, 5) is 16.7. The average molecular weight is 285 g/mol. The molecule has 0 bridgehead atoms. The Kier molecular flexibility index (Phi) is 3.32. The lowest BCUT2D eigenvalue weighted by Crippen LogP contribution is -2.05. The predicted octanol–water partition coefficient (Wildman–Crippen LogP) is 4.17. The maximum atomic E-state index is 13.1. The predicted molar refractivity (Wildman–Crippen MR) is 78.8 cm³/mol. The number of ketones is 1. The summed E-state index contributed by atoms with van der Waals surface area (Å²) >= 11 is 1.52. The van der Waals surface area contributed by atoms with Gasteiger partial charge >= 0.3 is 0 Å². The molecule has 0 amide bonds. The van der Waals surface area contributed by atoms with Gasteiger partial charge in [-0.15, -0.1) is 11.3 Å². The van der Waals surface area contributed by atoms with Crippen LogP contribution in [0.2, 0.25) is 0 Å². The summed E-state index contributed by atoms with van der Waals surface area (Å²) in [5, 5.41) is 0.792. The summed E-state index contributed by atoms with van der Waals surface area (Å²) in [5.74, 6) is -0.347. The topological polar surface area (TPSA) is 30.0 Å². The van der Waals surface area contributed by atoms with Gasteiger partial charge < -0.3 is 0 Å². The summed E-state index contributed by atoms with van der Waals surface area (Å²) in [6, 6.07) is 12.0. The quantitative estimate of drug-likeness (QED) is 0.676. The van der Waals surface area contributed by atoms with E-state index >= 15 is 0 Å². The Hall–Kier alpha value is -2.07. The van der Waals surface area contributed by atoms with E-state index in [1.165, 1.54) is 23.5 Å². The number of carbonyl (C=O) groups excluding carboxylic acids is 1. The highest BCUT2D eigenvalue weighted by Crippen LogP contribution is 2.23. The number of carbonyl (C=O) groups is 1. The van der Waals surface area contributed by atoms with Crippen LogP contribution in [-0.4, -0.2) is 10.8 Å². The van der Waals surface area contributed by atoms with Gasteiger partial charge in [-0.05, 0) is 42.8 Å². The number of fused-ring (bicyclic) bond motifs is 1. The standard InChI is InChI=1S/C16H12FNOS/c1-10-8-11(17)6-7-12(10)14(19)9-16-18-13-4-2-3-5-15(13)20-16/h2-8H,9H2,1H3. The lowest BCUT2D eigenvalue weighted by atomic mass is 10.0. The first-order valence-corrected chi connectivity index (χ1v) is 7.09. The molecule has 0 atom stereocenters. The first-order valence-electron chi connectivity index (χ1n) is 6.27. The molecule has 2 aromatic carbocycles. The Balaban J connectivity index is 1.88. The van der Waals surface area contributed by atoms with Crippen LogP contribution in [0.5, 0.6) is 0 Å². The number of benzene rings is 2. The number of aromatic nitrogens is 1. The molecule has 2 nitrogen and oxygen atoms in total. The van der Waals surface area contributed by atoms with Crippen molar-refractivity contribution < 1.29 is 9.18 Å². The third-order valence-electron chi connectivity index (χ3n) is 3.14. The second-order valence-electron chi connectivity index (χ2n) is 4.63. The van der Waals surface area contributed by atoms with Crippen molar-refractivity contribution in [2.45, 2.75) is 13.3 Å². The monoisotopic (exact) mass is 285 g/mol. The van der Waals surface area contributed by atoms with Gasteiger partial charge in [-0.2, -0.15) is 0 Å². The summed E-state index contributed by atoms with van der Waals surface area (Å²) in [7, 11) is 0. The number of Topliss-reactive ketones (excluding diaryl/α,β-unsaturated/α-hetero) is 1.